The number of piperidine rings is 1. The molecule has 1 aliphatic heterocycles. The fourth-order valence-electron chi connectivity index (χ4n) is 3.00. The first kappa shape index (κ1) is 18.7. The lowest BCUT2D eigenvalue weighted by Crippen LogP contribution is -2.46. The van der Waals surface area contributed by atoms with E-state index in [0.717, 1.165) is 39.0 Å². The third-order valence-electron chi connectivity index (χ3n) is 4.12. The minimum absolute atomic E-state index is 0.340. The Bertz CT molecular complexity index is 493. The minimum Gasteiger partial charge on any atom is -0.444 e. The summed E-state index contributed by atoms with van der Waals surface area (Å²) in [5.74, 6) is 0. The van der Waals surface area contributed by atoms with E-state index in [9.17, 15) is 4.79 Å². The Kier molecular flexibility index (Phi) is 7.06. The van der Waals surface area contributed by atoms with Gasteiger partial charge in [0.05, 0.1) is 0 Å². The van der Waals surface area contributed by atoms with Crippen molar-refractivity contribution < 1.29 is 9.53 Å². The van der Waals surface area contributed by atoms with Gasteiger partial charge < -0.3 is 15.4 Å². The summed E-state index contributed by atoms with van der Waals surface area (Å²) in [6.45, 7) is 10.1. The number of carbonyl (C=O) groups excluding carboxylic acids is 1. The van der Waals surface area contributed by atoms with E-state index < -0.39 is 5.60 Å². The summed E-state index contributed by atoms with van der Waals surface area (Å²) in [6, 6.07) is 11.1. The number of nitrogens with zero attached hydrogens (tertiary/aromatic N) is 1. The van der Waals surface area contributed by atoms with Gasteiger partial charge in [-0.15, -0.1) is 0 Å². The second-order valence-corrected chi connectivity index (χ2v) is 7.37. The zero-order valence-corrected chi connectivity index (χ0v) is 15.2. The van der Waals surface area contributed by atoms with Crippen molar-refractivity contribution >= 4 is 6.09 Å². The summed E-state index contributed by atoms with van der Waals surface area (Å²) in [6.07, 6.45) is 1.96. The molecule has 1 aromatic rings. The van der Waals surface area contributed by atoms with E-state index in [1.807, 2.05) is 26.8 Å². The van der Waals surface area contributed by atoms with E-state index in [-0.39, 0.29) is 6.09 Å². The predicted octanol–water partition coefficient (Wildman–Crippen LogP) is 2.77. The van der Waals surface area contributed by atoms with Crippen molar-refractivity contribution in [2.75, 3.05) is 26.2 Å². The maximum absolute atomic E-state index is 11.8. The number of alkyl carbamates (subject to hydrolysis) is 1. The Morgan fingerprint density at radius 2 is 1.92 bits per heavy atom. The van der Waals surface area contributed by atoms with Gasteiger partial charge in [-0.1, -0.05) is 30.3 Å². The van der Waals surface area contributed by atoms with Crippen molar-refractivity contribution in [3.05, 3.63) is 35.9 Å². The summed E-state index contributed by atoms with van der Waals surface area (Å²) in [7, 11) is 0. The first-order chi connectivity index (χ1) is 11.4. The molecule has 0 radical (unpaired) electrons. The fraction of sp³-hybridized carbons (Fsp3) is 0.632. The first-order valence-electron chi connectivity index (χ1n) is 8.89. The quantitative estimate of drug-likeness (QED) is 0.840. The summed E-state index contributed by atoms with van der Waals surface area (Å²) < 4.78 is 5.30. The van der Waals surface area contributed by atoms with Crippen molar-refractivity contribution in [3.8, 4) is 0 Å². The predicted molar refractivity (Wildman–Crippen MR) is 97.0 cm³/mol. The second kappa shape index (κ2) is 9.04. The Hall–Kier alpha value is -1.59. The highest BCUT2D eigenvalue weighted by molar-refractivity contribution is 5.67. The maximum Gasteiger partial charge on any atom is 0.407 e. The Morgan fingerprint density at radius 1 is 1.25 bits per heavy atom. The standard InChI is InChI=1S/C19H31N3O2/c1-19(2,3)24-18(23)21-13-14-22(17-9-11-20-12-10-17)15-16-7-5-4-6-8-16/h4-8,17,20H,9-15H2,1-3H3,(H,21,23). The van der Waals surface area contributed by atoms with Crippen LogP contribution in [0.3, 0.4) is 0 Å². The number of rotatable bonds is 6. The van der Waals surface area contributed by atoms with Crippen LogP contribution in [0.15, 0.2) is 30.3 Å². The Labute approximate surface area is 145 Å². The Morgan fingerprint density at radius 3 is 2.54 bits per heavy atom. The van der Waals surface area contributed by atoms with Gasteiger partial charge in [-0.2, -0.15) is 0 Å². The molecule has 0 spiro atoms. The number of nitrogens with one attached hydrogen (secondary N) is 2. The van der Waals surface area contributed by atoms with Gasteiger partial charge >= 0.3 is 6.09 Å². The van der Waals surface area contributed by atoms with E-state index in [2.05, 4.69) is 39.8 Å². The van der Waals surface area contributed by atoms with Crippen LogP contribution < -0.4 is 10.6 Å². The van der Waals surface area contributed by atoms with Gasteiger partial charge in [0.2, 0.25) is 0 Å². The number of hydrogen-bond acceptors (Lipinski definition) is 4. The molecule has 1 fully saturated rings. The molecule has 0 bridgehead atoms. The third kappa shape index (κ3) is 6.89. The number of ether oxygens (including phenoxy) is 1. The maximum atomic E-state index is 11.8. The van der Waals surface area contributed by atoms with Gasteiger partial charge in [0.25, 0.3) is 0 Å². The normalized spacial score (nSPS) is 16.2. The van der Waals surface area contributed by atoms with Crippen LogP contribution in [0.5, 0.6) is 0 Å². The molecule has 1 aromatic carbocycles. The molecule has 5 nitrogen and oxygen atoms in total. The van der Waals surface area contributed by atoms with Crippen LogP contribution >= 0.6 is 0 Å². The van der Waals surface area contributed by atoms with E-state index in [1.165, 1.54) is 5.56 Å². The van der Waals surface area contributed by atoms with Crippen molar-refractivity contribution in [3.63, 3.8) is 0 Å². The smallest absolute Gasteiger partial charge is 0.407 e. The molecule has 2 rings (SSSR count). The molecule has 0 aliphatic carbocycles. The van der Waals surface area contributed by atoms with Gasteiger partial charge in [-0.3, -0.25) is 4.90 Å². The molecule has 0 unspecified atom stereocenters. The van der Waals surface area contributed by atoms with Crippen LogP contribution in [-0.4, -0.2) is 48.8 Å². The fourth-order valence-corrected chi connectivity index (χ4v) is 3.00. The van der Waals surface area contributed by atoms with E-state index >= 15 is 0 Å². The van der Waals surface area contributed by atoms with Crippen LogP contribution in [0.4, 0.5) is 4.79 Å². The van der Waals surface area contributed by atoms with E-state index in [4.69, 9.17) is 4.74 Å². The summed E-state index contributed by atoms with van der Waals surface area (Å²) in [5.41, 5.74) is 0.858. The van der Waals surface area contributed by atoms with E-state index in [1.54, 1.807) is 0 Å². The summed E-state index contributed by atoms with van der Waals surface area (Å²) >= 11 is 0. The molecular weight excluding hydrogens is 302 g/mol. The van der Waals surface area contributed by atoms with Gasteiger partial charge in [-0.05, 0) is 52.3 Å². The molecule has 1 saturated heterocycles. The average molecular weight is 333 g/mol. The minimum atomic E-state index is -0.456. The molecule has 0 atom stereocenters. The zero-order chi connectivity index (χ0) is 17.4. The first-order valence-corrected chi connectivity index (χ1v) is 8.89. The van der Waals surface area contributed by atoms with Crippen LogP contribution in [0.2, 0.25) is 0 Å². The number of benzene rings is 1. The third-order valence-corrected chi connectivity index (χ3v) is 4.12. The molecule has 0 saturated carbocycles. The molecule has 24 heavy (non-hydrogen) atoms. The summed E-state index contributed by atoms with van der Waals surface area (Å²) in [4.78, 5) is 14.3. The summed E-state index contributed by atoms with van der Waals surface area (Å²) in [5, 5.41) is 6.29. The SMILES string of the molecule is CC(C)(C)OC(=O)NCCN(Cc1ccccc1)C1CCNCC1. The van der Waals surface area contributed by atoms with Gasteiger partial charge in [0.1, 0.15) is 5.60 Å². The lowest BCUT2D eigenvalue weighted by Gasteiger charge is -2.35. The van der Waals surface area contributed by atoms with Gasteiger partial charge in [-0.25, -0.2) is 4.79 Å². The van der Waals surface area contributed by atoms with Crippen molar-refractivity contribution in [2.45, 2.75) is 51.8 Å². The number of carbonyl (C=O) groups is 1. The van der Waals surface area contributed by atoms with Crippen molar-refractivity contribution in [2.24, 2.45) is 0 Å². The van der Waals surface area contributed by atoms with E-state index in [0.29, 0.717) is 12.6 Å². The molecule has 134 valence electrons. The molecular formula is C19H31N3O2. The molecule has 1 amide bonds. The molecule has 0 aromatic heterocycles. The molecule has 1 heterocycles. The van der Waals surface area contributed by atoms with Crippen LogP contribution in [0.25, 0.3) is 0 Å². The van der Waals surface area contributed by atoms with Crippen molar-refractivity contribution in [1.29, 1.82) is 0 Å². The van der Waals surface area contributed by atoms with Crippen LogP contribution in [-0.2, 0) is 11.3 Å². The van der Waals surface area contributed by atoms with Gasteiger partial charge in [0.15, 0.2) is 0 Å². The Balaban J connectivity index is 1.87. The topological polar surface area (TPSA) is 53.6 Å². The monoisotopic (exact) mass is 333 g/mol. The highest BCUT2D eigenvalue weighted by atomic mass is 16.6. The number of hydrogen-bond donors (Lipinski definition) is 2. The lowest BCUT2D eigenvalue weighted by atomic mass is 10.0. The number of amides is 1. The zero-order valence-electron chi connectivity index (χ0n) is 15.2. The molecule has 5 heteroatoms. The molecule has 1 aliphatic rings. The second-order valence-electron chi connectivity index (χ2n) is 7.37. The molecule has 2 N–H and O–H groups in total. The van der Waals surface area contributed by atoms with Gasteiger partial charge in [0, 0.05) is 25.7 Å². The lowest BCUT2D eigenvalue weighted by molar-refractivity contribution is 0.0514. The van der Waals surface area contributed by atoms with Crippen LogP contribution in [0.1, 0.15) is 39.2 Å². The van der Waals surface area contributed by atoms with Crippen LogP contribution in [0, 0.1) is 0 Å². The van der Waals surface area contributed by atoms with Crippen molar-refractivity contribution in [1.82, 2.24) is 15.5 Å². The largest absolute Gasteiger partial charge is 0.444 e. The average Bonchev–Trinajstić information content (AvgIpc) is 2.54. The highest BCUT2D eigenvalue weighted by Crippen LogP contribution is 2.15. The highest BCUT2D eigenvalue weighted by Gasteiger charge is 2.21.